The molecule has 1 amide bonds. The first-order chi connectivity index (χ1) is 19.0. The molecule has 1 unspecified atom stereocenters. The van der Waals surface area contributed by atoms with E-state index in [1.807, 2.05) is 48.2 Å². The average molecular weight is 548 g/mol. The number of nitrogens with zero attached hydrogens (tertiary/aromatic N) is 6. The fourth-order valence-corrected chi connectivity index (χ4v) is 4.80. The number of rotatable bonds is 10. The Morgan fingerprint density at radius 2 is 2.03 bits per heavy atom. The van der Waals surface area contributed by atoms with Crippen LogP contribution in [-0.2, 0) is 11.4 Å². The second-order valence-corrected chi connectivity index (χ2v) is 9.97. The number of aromatic nitrogens is 4. The number of anilines is 2. The lowest BCUT2D eigenvalue weighted by Gasteiger charge is -2.26. The number of carbonyl (C=O) groups is 1. The number of likely N-dealkylation sites (tertiary alicyclic amines) is 1. The summed E-state index contributed by atoms with van der Waals surface area (Å²) < 4.78 is 12.1. The Kier molecular flexibility index (Phi) is 8.33. The summed E-state index contributed by atoms with van der Waals surface area (Å²) in [7, 11) is 3.80. The zero-order valence-corrected chi connectivity index (χ0v) is 22.6. The summed E-state index contributed by atoms with van der Waals surface area (Å²) in [5.74, 6) is 1.90. The van der Waals surface area contributed by atoms with Crippen LogP contribution in [0.3, 0.4) is 0 Å². The minimum Gasteiger partial charge on any atom is -0.491 e. The molecular formula is C28H30ClN7O3. The Balaban J connectivity index is 1.31. The number of likely N-dealkylation sites (N-methyl/N-ethyl adjacent to an activating group) is 1. The standard InChI is InChI=1S/C28H30ClN7O3/c1-35(2)15-26(37)36-12-4-5-21(36)17-39-25-7-3-6-23-27(25)28(33-18-32-23)34-19-8-9-24(22(29)13-19)38-16-20-14-30-10-11-31-20/h3,6-11,13-14,18,21H,4-5,12,15-17H2,1-2H3,(H,32,33,34). The first-order valence-corrected chi connectivity index (χ1v) is 13.1. The number of hydrogen-bond acceptors (Lipinski definition) is 9. The summed E-state index contributed by atoms with van der Waals surface area (Å²) in [6, 6.07) is 11.2. The smallest absolute Gasteiger partial charge is 0.237 e. The summed E-state index contributed by atoms with van der Waals surface area (Å²) in [4.78, 5) is 33.7. The van der Waals surface area contributed by atoms with Crippen molar-refractivity contribution < 1.29 is 14.3 Å². The lowest BCUT2D eigenvalue weighted by Crippen LogP contribution is -2.43. The number of hydrogen-bond donors (Lipinski definition) is 1. The molecule has 0 aliphatic carbocycles. The molecule has 11 heteroatoms. The van der Waals surface area contributed by atoms with Crippen molar-refractivity contribution in [3.8, 4) is 11.5 Å². The number of carbonyl (C=O) groups excluding carboxylic acids is 1. The van der Waals surface area contributed by atoms with E-state index in [0.29, 0.717) is 41.2 Å². The predicted molar refractivity (Wildman–Crippen MR) is 149 cm³/mol. The zero-order chi connectivity index (χ0) is 27.2. The van der Waals surface area contributed by atoms with Crippen LogP contribution >= 0.6 is 11.6 Å². The van der Waals surface area contributed by atoms with Gasteiger partial charge < -0.3 is 24.6 Å². The van der Waals surface area contributed by atoms with Gasteiger partial charge in [0.2, 0.25) is 5.91 Å². The number of fused-ring (bicyclic) bond motifs is 1. The molecule has 202 valence electrons. The van der Waals surface area contributed by atoms with Gasteiger partial charge in [0.15, 0.2) is 0 Å². The molecule has 0 saturated carbocycles. The van der Waals surface area contributed by atoms with Crippen LogP contribution in [0.5, 0.6) is 11.5 Å². The second kappa shape index (κ2) is 12.2. The van der Waals surface area contributed by atoms with E-state index in [1.54, 1.807) is 30.7 Å². The van der Waals surface area contributed by atoms with Gasteiger partial charge in [-0.1, -0.05) is 17.7 Å². The van der Waals surface area contributed by atoms with E-state index in [1.165, 1.54) is 6.33 Å². The summed E-state index contributed by atoms with van der Waals surface area (Å²) in [6.07, 6.45) is 8.27. The molecule has 1 saturated heterocycles. The molecule has 2 aromatic carbocycles. The predicted octanol–water partition coefficient (Wildman–Crippen LogP) is 4.33. The molecule has 5 rings (SSSR count). The van der Waals surface area contributed by atoms with Gasteiger partial charge in [0, 0.05) is 24.6 Å². The van der Waals surface area contributed by atoms with Crippen molar-refractivity contribution in [3.05, 3.63) is 72.0 Å². The first-order valence-electron chi connectivity index (χ1n) is 12.7. The van der Waals surface area contributed by atoms with Crippen molar-refractivity contribution in [1.29, 1.82) is 0 Å². The van der Waals surface area contributed by atoms with Gasteiger partial charge in [-0.3, -0.25) is 14.8 Å². The van der Waals surface area contributed by atoms with Crippen molar-refractivity contribution >= 4 is 39.9 Å². The molecule has 39 heavy (non-hydrogen) atoms. The third-order valence-corrected chi connectivity index (χ3v) is 6.69. The molecule has 0 radical (unpaired) electrons. The van der Waals surface area contributed by atoms with E-state index in [-0.39, 0.29) is 18.6 Å². The fraction of sp³-hybridized carbons (Fsp3) is 0.321. The number of benzene rings is 2. The summed E-state index contributed by atoms with van der Waals surface area (Å²) >= 11 is 6.51. The van der Waals surface area contributed by atoms with E-state index < -0.39 is 0 Å². The monoisotopic (exact) mass is 547 g/mol. The topological polar surface area (TPSA) is 106 Å². The molecule has 1 N–H and O–H groups in total. The van der Waals surface area contributed by atoms with Crippen molar-refractivity contribution in [2.75, 3.05) is 39.1 Å². The Morgan fingerprint density at radius 1 is 1.13 bits per heavy atom. The largest absolute Gasteiger partial charge is 0.491 e. The van der Waals surface area contributed by atoms with E-state index in [0.717, 1.165) is 36.0 Å². The minimum absolute atomic E-state index is 0.0296. The molecule has 0 spiro atoms. The van der Waals surface area contributed by atoms with Crippen LogP contribution in [0, 0.1) is 0 Å². The zero-order valence-electron chi connectivity index (χ0n) is 21.9. The van der Waals surface area contributed by atoms with Crippen molar-refractivity contribution in [1.82, 2.24) is 29.7 Å². The maximum atomic E-state index is 12.7. The van der Waals surface area contributed by atoms with Gasteiger partial charge in [-0.05, 0) is 57.3 Å². The van der Waals surface area contributed by atoms with Gasteiger partial charge in [-0.2, -0.15) is 0 Å². The Morgan fingerprint density at radius 3 is 2.82 bits per heavy atom. The van der Waals surface area contributed by atoms with Gasteiger partial charge in [-0.15, -0.1) is 0 Å². The molecule has 1 atom stereocenters. The number of nitrogens with one attached hydrogen (secondary N) is 1. The van der Waals surface area contributed by atoms with E-state index in [9.17, 15) is 4.79 Å². The molecule has 0 bridgehead atoms. The fourth-order valence-electron chi connectivity index (χ4n) is 4.57. The molecule has 10 nitrogen and oxygen atoms in total. The lowest BCUT2D eigenvalue weighted by molar-refractivity contribution is -0.133. The van der Waals surface area contributed by atoms with Gasteiger partial charge >= 0.3 is 0 Å². The molecule has 3 heterocycles. The molecule has 4 aromatic rings. The molecule has 1 aliphatic heterocycles. The van der Waals surface area contributed by atoms with Crippen LogP contribution in [0.15, 0.2) is 61.3 Å². The number of halogens is 1. The van der Waals surface area contributed by atoms with E-state index in [2.05, 4.69) is 25.3 Å². The molecule has 1 aliphatic rings. The number of amides is 1. The third kappa shape index (κ3) is 6.52. The maximum absolute atomic E-state index is 12.7. The van der Waals surface area contributed by atoms with Crippen LogP contribution < -0.4 is 14.8 Å². The van der Waals surface area contributed by atoms with Crippen LogP contribution in [0.25, 0.3) is 10.9 Å². The van der Waals surface area contributed by atoms with Crippen LogP contribution in [-0.4, -0.2) is 75.5 Å². The normalized spacial score (nSPS) is 15.1. The highest BCUT2D eigenvalue weighted by atomic mass is 35.5. The molecular weight excluding hydrogens is 518 g/mol. The summed E-state index contributed by atoms with van der Waals surface area (Å²) in [5, 5.41) is 4.54. The van der Waals surface area contributed by atoms with Crippen molar-refractivity contribution in [2.24, 2.45) is 0 Å². The quantitative estimate of drug-likeness (QED) is 0.310. The Bertz CT molecular complexity index is 1430. The highest BCUT2D eigenvalue weighted by molar-refractivity contribution is 6.32. The third-order valence-electron chi connectivity index (χ3n) is 6.39. The van der Waals surface area contributed by atoms with Crippen LogP contribution in [0.4, 0.5) is 11.5 Å². The Labute approximate surface area is 232 Å². The summed E-state index contributed by atoms with van der Waals surface area (Å²) in [6.45, 7) is 1.80. The second-order valence-electron chi connectivity index (χ2n) is 9.56. The Hall–Kier alpha value is -4.02. The van der Waals surface area contributed by atoms with Crippen LogP contribution in [0.2, 0.25) is 5.02 Å². The minimum atomic E-state index is 0.0296. The SMILES string of the molecule is CN(C)CC(=O)N1CCCC1COc1cccc2ncnc(Nc3ccc(OCc4cnccn4)c(Cl)c3)c12. The molecule has 2 aromatic heterocycles. The van der Waals surface area contributed by atoms with E-state index >= 15 is 0 Å². The highest BCUT2D eigenvalue weighted by Crippen LogP contribution is 2.34. The van der Waals surface area contributed by atoms with Crippen LogP contribution in [0.1, 0.15) is 18.5 Å². The first kappa shape index (κ1) is 26.6. The van der Waals surface area contributed by atoms with Crippen molar-refractivity contribution in [2.45, 2.75) is 25.5 Å². The lowest BCUT2D eigenvalue weighted by atomic mass is 10.2. The maximum Gasteiger partial charge on any atom is 0.237 e. The van der Waals surface area contributed by atoms with Gasteiger partial charge in [-0.25, -0.2) is 9.97 Å². The average Bonchev–Trinajstić information content (AvgIpc) is 3.41. The van der Waals surface area contributed by atoms with Crippen molar-refractivity contribution in [3.63, 3.8) is 0 Å². The summed E-state index contributed by atoms with van der Waals surface area (Å²) in [5.41, 5.74) is 2.18. The molecule has 1 fully saturated rings. The van der Waals surface area contributed by atoms with Gasteiger partial charge in [0.05, 0.1) is 40.4 Å². The van der Waals surface area contributed by atoms with E-state index in [4.69, 9.17) is 21.1 Å². The highest BCUT2D eigenvalue weighted by Gasteiger charge is 2.29. The van der Waals surface area contributed by atoms with Gasteiger partial charge in [0.25, 0.3) is 0 Å². The number of ether oxygens (including phenoxy) is 2. The van der Waals surface area contributed by atoms with Gasteiger partial charge in [0.1, 0.15) is 36.9 Å².